The molecule has 4 heteroatoms. The quantitative estimate of drug-likeness (QED) is 0.771. The van der Waals surface area contributed by atoms with Crippen LogP contribution >= 0.6 is 11.3 Å². The predicted octanol–water partition coefficient (Wildman–Crippen LogP) is 4.39. The van der Waals surface area contributed by atoms with E-state index >= 15 is 0 Å². The van der Waals surface area contributed by atoms with Gasteiger partial charge < -0.3 is 5.32 Å². The van der Waals surface area contributed by atoms with Crippen LogP contribution in [-0.4, -0.2) is 16.5 Å². The SMILES string of the molecule is CCCNCc1sc(-c2ncccc2CC)nc1C(C)C. The summed E-state index contributed by atoms with van der Waals surface area (Å²) in [5, 5.41) is 4.55. The van der Waals surface area contributed by atoms with Crippen LogP contribution in [0.25, 0.3) is 10.7 Å². The van der Waals surface area contributed by atoms with E-state index in [-0.39, 0.29) is 0 Å². The van der Waals surface area contributed by atoms with Crippen molar-refractivity contribution in [3.63, 3.8) is 0 Å². The van der Waals surface area contributed by atoms with Gasteiger partial charge in [0.1, 0.15) is 10.7 Å². The molecule has 0 amide bonds. The molecule has 2 aromatic heterocycles. The van der Waals surface area contributed by atoms with Crippen molar-refractivity contribution in [3.05, 3.63) is 34.5 Å². The molecule has 0 atom stereocenters. The van der Waals surface area contributed by atoms with E-state index in [2.05, 4.69) is 44.1 Å². The van der Waals surface area contributed by atoms with Gasteiger partial charge in [-0.3, -0.25) is 4.98 Å². The third-order valence-electron chi connectivity index (χ3n) is 3.46. The summed E-state index contributed by atoms with van der Waals surface area (Å²) in [5.74, 6) is 0.446. The molecule has 2 heterocycles. The van der Waals surface area contributed by atoms with Crippen molar-refractivity contribution in [1.29, 1.82) is 0 Å². The molecule has 0 aromatic carbocycles. The summed E-state index contributed by atoms with van der Waals surface area (Å²) >= 11 is 1.78. The maximum absolute atomic E-state index is 4.88. The van der Waals surface area contributed by atoms with Gasteiger partial charge >= 0.3 is 0 Å². The number of aryl methyl sites for hydroxylation is 1. The Morgan fingerprint density at radius 2 is 2.10 bits per heavy atom. The fourth-order valence-electron chi connectivity index (χ4n) is 2.34. The van der Waals surface area contributed by atoms with Gasteiger partial charge in [0.05, 0.1) is 5.69 Å². The van der Waals surface area contributed by atoms with Gasteiger partial charge in [-0.15, -0.1) is 11.3 Å². The molecule has 0 saturated heterocycles. The Kier molecular flexibility index (Phi) is 5.88. The first-order valence-electron chi connectivity index (χ1n) is 7.81. The number of hydrogen-bond donors (Lipinski definition) is 1. The summed E-state index contributed by atoms with van der Waals surface area (Å²) in [5.41, 5.74) is 3.54. The molecule has 0 aliphatic carbocycles. The summed E-state index contributed by atoms with van der Waals surface area (Å²) < 4.78 is 0. The first-order valence-corrected chi connectivity index (χ1v) is 8.63. The molecule has 21 heavy (non-hydrogen) atoms. The number of pyridine rings is 1. The Bertz CT molecular complexity index is 575. The number of hydrogen-bond acceptors (Lipinski definition) is 4. The Morgan fingerprint density at radius 3 is 2.76 bits per heavy atom. The van der Waals surface area contributed by atoms with Crippen molar-refractivity contribution in [2.45, 2.75) is 53.0 Å². The molecule has 3 nitrogen and oxygen atoms in total. The van der Waals surface area contributed by atoms with Crippen molar-refractivity contribution in [1.82, 2.24) is 15.3 Å². The summed E-state index contributed by atoms with van der Waals surface area (Å²) in [4.78, 5) is 10.8. The van der Waals surface area contributed by atoms with E-state index in [9.17, 15) is 0 Å². The van der Waals surface area contributed by atoms with Crippen LogP contribution in [0.5, 0.6) is 0 Å². The third kappa shape index (κ3) is 3.89. The zero-order valence-electron chi connectivity index (χ0n) is 13.4. The lowest BCUT2D eigenvalue weighted by Gasteiger charge is -2.05. The number of nitrogens with zero attached hydrogens (tertiary/aromatic N) is 2. The average molecular weight is 303 g/mol. The molecule has 2 rings (SSSR count). The minimum absolute atomic E-state index is 0.446. The minimum atomic E-state index is 0.446. The predicted molar refractivity (Wildman–Crippen MR) is 90.8 cm³/mol. The van der Waals surface area contributed by atoms with E-state index in [1.165, 1.54) is 16.1 Å². The zero-order valence-corrected chi connectivity index (χ0v) is 14.3. The molecule has 0 saturated carbocycles. The number of rotatable bonds is 7. The van der Waals surface area contributed by atoms with E-state index in [1.807, 2.05) is 12.3 Å². The highest BCUT2D eigenvalue weighted by Gasteiger charge is 2.17. The van der Waals surface area contributed by atoms with Crippen LogP contribution in [0.3, 0.4) is 0 Å². The third-order valence-corrected chi connectivity index (χ3v) is 4.54. The topological polar surface area (TPSA) is 37.8 Å². The van der Waals surface area contributed by atoms with Gasteiger partial charge in [0.2, 0.25) is 0 Å². The Balaban J connectivity index is 2.34. The Labute approximate surface area is 131 Å². The molecule has 0 aliphatic rings. The van der Waals surface area contributed by atoms with Crippen molar-refractivity contribution in [2.75, 3.05) is 6.54 Å². The van der Waals surface area contributed by atoms with Crippen LogP contribution < -0.4 is 5.32 Å². The monoisotopic (exact) mass is 303 g/mol. The highest BCUT2D eigenvalue weighted by molar-refractivity contribution is 7.15. The van der Waals surface area contributed by atoms with Gasteiger partial charge in [0, 0.05) is 17.6 Å². The van der Waals surface area contributed by atoms with Crippen LogP contribution in [0.1, 0.15) is 56.2 Å². The molecule has 0 unspecified atom stereocenters. The molecule has 114 valence electrons. The van der Waals surface area contributed by atoms with Gasteiger partial charge in [0.15, 0.2) is 0 Å². The second-order valence-corrected chi connectivity index (χ2v) is 6.61. The zero-order chi connectivity index (χ0) is 15.2. The normalized spacial score (nSPS) is 11.3. The van der Waals surface area contributed by atoms with E-state index in [4.69, 9.17) is 4.98 Å². The molecule has 2 aromatic rings. The smallest absolute Gasteiger partial charge is 0.142 e. The van der Waals surface area contributed by atoms with Crippen molar-refractivity contribution in [3.8, 4) is 10.7 Å². The van der Waals surface area contributed by atoms with Crippen LogP contribution in [0.4, 0.5) is 0 Å². The summed E-state index contributed by atoms with van der Waals surface area (Å²) in [6, 6.07) is 4.15. The highest BCUT2D eigenvalue weighted by atomic mass is 32.1. The highest BCUT2D eigenvalue weighted by Crippen LogP contribution is 2.32. The van der Waals surface area contributed by atoms with Crippen molar-refractivity contribution < 1.29 is 0 Å². The van der Waals surface area contributed by atoms with Gasteiger partial charge in [0.25, 0.3) is 0 Å². The van der Waals surface area contributed by atoms with Crippen LogP contribution in [0, 0.1) is 0 Å². The largest absolute Gasteiger partial charge is 0.312 e. The standard InChI is InChI=1S/C17H25N3S/c1-5-9-18-11-14-15(12(3)4)20-17(21-14)16-13(6-2)8-7-10-19-16/h7-8,10,12,18H,5-6,9,11H2,1-4H3. The van der Waals surface area contributed by atoms with Gasteiger partial charge in [-0.05, 0) is 36.9 Å². The van der Waals surface area contributed by atoms with E-state index in [1.54, 1.807) is 11.3 Å². The second kappa shape index (κ2) is 7.66. The fraction of sp³-hybridized carbons (Fsp3) is 0.529. The van der Waals surface area contributed by atoms with Gasteiger partial charge in [-0.1, -0.05) is 33.8 Å². The van der Waals surface area contributed by atoms with Gasteiger partial charge in [-0.2, -0.15) is 0 Å². The second-order valence-electron chi connectivity index (χ2n) is 5.52. The van der Waals surface area contributed by atoms with Crippen LogP contribution in [-0.2, 0) is 13.0 Å². The molecular formula is C17H25N3S. The Hall–Kier alpha value is -1.26. The van der Waals surface area contributed by atoms with Crippen LogP contribution in [0.15, 0.2) is 18.3 Å². The lowest BCUT2D eigenvalue weighted by Crippen LogP contribution is -2.14. The summed E-state index contributed by atoms with van der Waals surface area (Å²) in [6.45, 7) is 10.7. The molecule has 0 radical (unpaired) electrons. The van der Waals surface area contributed by atoms with Crippen molar-refractivity contribution in [2.24, 2.45) is 0 Å². The minimum Gasteiger partial charge on any atom is -0.312 e. The average Bonchev–Trinajstić information content (AvgIpc) is 2.92. The first kappa shape index (κ1) is 16.1. The fourth-order valence-corrected chi connectivity index (χ4v) is 3.56. The van der Waals surface area contributed by atoms with Crippen molar-refractivity contribution >= 4 is 11.3 Å². The Morgan fingerprint density at radius 1 is 1.29 bits per heavy atom. The maximum atomic E-state index is 4.88. The number of thiazole rings is 1. The van der Waals surface area contributed by atoms with Gasteiger partial charge in [-0.25, -0.2) is 4.98 Å². The summed E-state index contributed by atoms with van der Waals surface area (Å²) in [7, 11) is 0. The first-order chi connectivity index (χ1) is 10.2. The van der Waals surface area contributed by atoms with E-state index in [0.29, 0.717) is 5.92 Å². The lowest BCUT2D eigenvalue weighted by molar-refractivity contribution is 0.670. The summed E-state index contributed by atoms with van der Waals surface area (Å²) in [6.07, 6.45) is 4.01. The molecular weight excluding hydrogens is 278 g/mol. The molecule has 0 spiro atoms. The number of nitrogens with one attached hydrogen (secondary N) is 1. The molecule has 1 N–H and O–H groups in total. The molecule has 0 bridgehead atoms. The molecule has 0 aliphatic heterocycles. The molecule has 0 fully saturated rings. The number of aromatic nitrogens is 2. The van der Waals surface area contributed by atoms with E-state index < -0.39 is 0 Å². The van der Waals surface area contributed by atoms with E-state index in [0.717, 1.165) is 36.6 Å². The van der Waals surface area contributed by atoms with Crippen LogP contribution in [0.2, 0.25) is 0 Å². The maximum Gasteiger partial charge on any atom is 0.142 e. The lowest BCUT2D eigenvalue weighted by atomic mass is 10.1.